The molecule has 96 valence electrons. The van der Waals surface area contributed by atoms with Crippen molar-refractivity contribution in [3.63, 3.8) is 0 Å². The number of aromatic nitrogens is 2. The van der Waals surface area contributed by atoms with Gasteiger partial charge in [-0.05, 0) is 0 Å². The van der Waals surface area contributed by atoms with Crippen LogP contribution in [0.5, 0.6) is 5.88 Å². The van der Waals surface area contributed by atoms with Crippen LogP contribution in [0.25, 0.3) is 0 Å². The number of methoxy groups -OCH3 is 1. The van der Waals surface area contributed by atoms with Crippen molar-refractivity contribution < 1.29 is 14.3 Å². The number of thioether (sulfide) groups is 1. The lowest BCUT2D eigenvalue weighted by atomic mass is 10.4. The first-order chi connectivity index (χ1) is 8.60. The Bertz CT molecular complexity index is 463. The number of carbonyl (C=O) groups excluding carboxylic acids is 2. The molecular weight excluding hydrogens is 254 g/mol. The molecule has 1 saturated heterocycles. The van der Waals surface area contributed by atoms with Crippen LogP contribution in [0.3, 0.4) is 0 Å². The van der Waals surface area contributed by atoms with E-state index in [1.165, 1.54) is 38.2 Å². The topological polar surface area (TPSA) is 72.4 Å². The van der Waals surface area contributed by atoms with Crippen LogP contribution in [0.15, 0.2) is 12.4 Å². The minimum atomic E-state index is -0.0341. The van der Waals surface area contributed by atoms with Gasteiger partial charge in [0.1, 0.15) is 0 Å². The number of rotatable bonds is 3. The van der Waals surface area contributed by atoms with Crippen molar-refractivity contribution >= 4 is 28.6 Å². The minimum Gasteiger partial charge on any atom is -0.480 e. The van der Waals surface area contributed by atoms with Crippen LogP contribution in [0.1, 0.15) is 13.3 Å². The molecule has 0 radical (unpaired) electrons. The molecular formula is C11H13N3O3S. The highest BCUT2D eigenvalue weighted by molar-refractivity contribution is 8.14. The molecule has 1 aliphatic heterocycles. The summed E-state index contributed by atoms with van der Waals surface area (Å²) in [4.78, 5) is 32.5. The van der Waals surface area contributed by atoms with Crippen LogP contribution in [-0.2, 0) is 9.59 Å². The van der Waals surface area contributed by atoms with Gasteiger partial charge in [-0.2, -0.15) is 0 Å². The molecule has 0 bridgehead atoms. The van der Waals surface area contributed by atoms with Gasteiger partial charge in [0.05, 0.1) is 19.5 Å². The second kappa shape index (κ2) is 5.34. The van der Waals surface area contributed by atoms with Gasteiger partial charge in [-0.3, -0.25) is 14.5 Å². The van der Waals surface area contributed by atoms with Crippen LogP contribution in [0.2, 0.25) is 0 Å². The maximum atomic E-state index is 11.8. The molecule has 0 aliphatic carbocycles. The number of carbonyl (C=O) groups is 2. The van der Waals surface area contributed by atoms with Crippen molar-refractivity contribution in [3.8, 4) is 5.88 Å². The zero-order chi connectivity index (χ0) is 13.1. The number of nitrogens with zero attached hydrogens (tertiary/aromatic N) is 3. The fourth-order valence-electron chi connectivity index (χ4n) is 1.76. The van der Waals surface area contributed by atoms with E-state index in [1.807, 2.05) is 0 Å². The van der Waals surface area contributed by atoms with Crippen LogP contribution in [0.4, 0.5) is 5.82 Å². The molecule has 1 aliphatic rings. The quantitative estimate of drug-likeness (QED) is 0.809. The third kappa shape index (κ3) is 2.79. The van der Waals surface area contributed by atoms with E-state index in [1.54, 1.807) is 4.90 Å². The van der Waals surface area contributed by atoms with Crippen molar-refractivity contribution in [2.24, 2.45) is 0 Å². The third-order valence-electron chi connectivity index (χ3n) is 2.52. The smallest absolute Gasteiger partial charge is 0.232 e. The molecule has 2 heterocycles. The van der Waals surface area contributed by atoms with Crippen LogP contribution in [-0.4, -0.2) is 39.9 Å². The summed E-state index contributed by atoms with van der Waals surface area (Å²) < 4.78 is 4.91. The highest BCUT2D eigenvalue weighted by Gasteiger charge is 2.32. The monoisotopic (exact) mass is 267 g/mol. The third-order valence-corrected chi connectivity index (χ3v) is 3.50. The standard InChI is InChI=1S/C11H13N3O3S/c1-7(15)18-8-3-11(16)14(6-8)9-4-13-10(17-2)5-12-9/h4-5,8H,3,6H2,1-2H3. The summed E-state index contributed by atoms with van der Waals surface area (Å²) in [5, 5.41) is 0.0226. The Hall–Kier alpha value is -1.63. The molecule has 7 heteroatoms. The fourth-order valence-corrected chi connectivity index (χ4v) is 2.68. The number of hydrogen-bond acceptors (Lipinski definition) is 6. The van der Waals surface area contributed by atoms with Gasteiger partial charge in [-0.25, -0.2) is 9.97 Å². The summed E-state index contributed by atoms with van der Waals surface area (Å²) in [6, 6.07) is 0. The van der Waals surface area contributed by atoms with Crippen molar-refractivity contribution in [2.75, 3.05) is 18.6 Å². The molecule has 0 spiro atoms. The zero-order valence-electron chi connectivity index (χ0n) is 10.1. The molecule has 0 saturated carbocycles. The van der Waals surface area contributed by atoms with E-state index in [9.17, 15) is 9.59 Å². The Morgan fingerprint density at radius 1 is 1.50 bits per heavy atom. The van der Waals surface area contributed by atoms with E-state index in [-0.39, 0.29) is 16.3 Å². The Kier molecular flexibility index (Phi) is 3.81. The molecule has 0 aromatic carbocycles. The van der Waals surface area contributed by atoms with E-state index < -0.39 is 0 Å². The SMILES string of the molecule is COc1cnc(N2CC(SC(C)=O)CC2=O)cn1. The van der Waals surface area contributed by atoms with Crippen molar-refractivity contribution in [1.29, 1.82) is 0 Å². The average Bonchev–Trinajstić information content (AvgIpc) is 2.69. The summed E-state index contributed by atoms with van der Waals surface area (Å²) in [5.74, 6) is 0.862. The summed E-state index contributed by atoms with van der Waals surface area (Å²) in [6.45, 7) is 2.00. The van der Waals surface area contributed by atoms with E-state index in [4.69, 9.17) is 4.74 Å². The van der Waals surface area contributed by atoms with Gasteiger partial charge in [0, 0.05) is 25.1 Å². The summed E-state index contributed by atoms with van der Waals surface area (Å²) >= 11 is 1.20. The maximum Gasteiger partial charge on any atom is 0.232 e. The molecule has 1 amide bonds. The van der Waals surface area contributed by atoms with Gasteiger partial charge in [0.2, 0.25) is 11.8 Å². The lowest BCUT2D eigenvalue weighted by Gasteiger charge is -2.14. The minimum absolute atomic E-state index is 0.00102. The number of amides is 1. The van der Waals surface area contributed by atoms with Crippen molar-refractivity contribution in [2.45, 2.75) is 18.6 Å². The van der Waals surface area contributed by atoms with E-state index in [0.717, 1.165) is 0 Å². The Morgan fingerprint density at radius 3 is 2.83 bits per heavy atom. The second-order valence-corrected chi connectivity index (χ2v) is 5.33. The maximum absolute atomic E-state index is 11.8. The zero-order valence-corrected chi connectivity index (χ0v) is 10.9. The molecule has 1 atom stereocenters. The second-order valence-electron chi connectivity index (χ2n) is 3.86. The summed E-state index contributed by atoms with van der Waals surface area (Å²) in [5.41, 5.74) is 0. The lowest BCUT2D eigenvalue weighted by molar-refractivity contribution is -0.117. The highest BCUT2D eigenvalue weighted by atomic mass is 32.2. The molecule has 1 aromatic rings. The summed E-state index contributed by atoms with van der Waals surface area (Å²) in [6.07, 6.45) is 3.32. The van der Waals surface area contributed by atoms with Crippen LogP contribution < -0.4 is 9.64 Å². The van der Waals surface area contributed by atoms with Crippen LogP contribution in [0, 0.1) is 0 Å². The lowest BCUT2D eigenvalue weighted by Crippen LogP contribution is -2.26. The van der Waals surface area contributed by atoms with E-state index in [2.05, 4.69) is 9.97 Å². The number of anilines is 1. The highest BCUT2D eigenvalue weighted by Crippen LogP contribution is 2.27. The van der Waals surface area contributed by atoms with Crippen LogP contribution >= 0.6 is 11.8 Å². The number of ether oxygens (including phenoxy) is 1. The Labute approximate surface area is 109 Å². The molecule has 0 N–H and O–H groups in total. The first kappa shape index (κ1) is 12.8. The molecule has 18 heavy (non-hydrogen) atoms. The van der Waals surface area contributed by atoms with Gasteiger partial charge in [-0.1, -0.05) is 11.8 Å². The fraction of sp³-hybridized carbons (Fsp3) is 0.455. The molecule has 6 nitrogen and oxygen atoms in total. The van der Waals surface area contributed by atoms with E-state index >= 15 is 0 Å². The van der Waals surface area contributed by atoms with Gasteiger partial charge in [-0.15, -0.1) is 0 Å². The first-order valence-corrected chi connectivity index (χ1v) is 6.31. The molecule has 2 rings (SSSR count). The van der Waals surface area contributed by atoms with Crippen molar-refractivity contribution in [1.82, 2.24) is 9.97 Å². The molecule has 1 fully saturated rings. The largest absolute Gasteiger partial charge is 0.480 e. The summed E-state index contributed by atoms with van der Waals surface area (Å²) in [7, 11) is 1.50. The van der Waals surface area contributed by atoms with Gasteiger partial charge in [0.25, 0.3) is 0 Å². The first-order valence-electron chi connectivity index (χ1n) is 5.43. The van der Waals surface area contributed by atoms with E-state index in [0.29, 0.717) is 24.7 Å². The molecule has 1 unspecified atom stereocenters. The van der Waals surface area contributed by atoms with Gasteiger partial charge >= 0.3 is 0 Å². The average molecular weight is 267 g/mol. The van der Waals surface area contributed by atoms with Gasteiger partial charge < -0.3 is 4.74 Å². The Balaban J connectivity index is 2.08. The number of hydrogen-bond donors (Lipinski definition) is 0. The predicted molar refractivity (Wildman–Crippen MR) is 67.6 cm³/mol. The van der Waals surface area contributed by atoms with Crippen molar-refractivity contribution in [3.05, 3.63) is 12.4 Å². The Morgan fingerprint density at radius 2 is 2.28 bits per heavy atom. The predicted octanol–water partition coefficient (Wildman–Crippen LogP) is 0.870. The normalized spacial score (nSPS) is 19.1. The van der Waals surface area contributed by atoms with Gasteiger partial charge in [0.15, 0.2) is 10.9 Å². The molecule has 1 aromatic heterocycles.